The Labute approximate surface area is 185 Å². The van der Waals surface area contributed by atoms with Crippen LogP contribution >= 0.6 is 0 Å². The minimum atomic E-state index is -0.558. The minimum absolute atomic E-state index is 0.0610. The van der Waals surface area contributed by atoms with Gasteiger partial charge in [-0.05, 0) is 91.7 Å². The second kappa shape index (κ2) is 9.13. The third-order valence-electron chi connectivity index (χ3n) is 7.76. The second-order valence-electron chi connectivity index (χ2n) is 10.2. The van der Waals surface area contributed by atoms with E-state index in [1.807, 2.05) is 32.0 Å². The number of benzene rings is 1. The molecule has 0 saturated heterocycles. The van der Waals surface area contributed by atoms with Crippen LogP contribution in [-0.4, -0.2) is 30.8 Å². The molecule has 5 heteroatoms. The molecule has 31 heavy (non-hydrogen) atoms. The Morgan fingerprint density at radius 2 is 1.65 bits per heavy atom. The van der Waals surface area contributed by atoms with Crippen LogP contribution in [0.2, 0.25) is 0 Å². The third kappa shape index (κ3) is 5.02. The number of nitrogens with one attached hydrogen (secondary N) is 1. The molecule has 0 radical (unpaired) electrons. The summed E-state index contributed by atoms with van der Waals surface area (Å²) in [6.45, 7) is 3.59. The van der Waals surface area contributed by atoms with Crippen molar-refractivity contribution in [3.8, 4) is 0 Å². The van der Waals surface area contributed by atoms with Gasteiger partial charge in [0, 0.05) is 12.0 Å². The Kier molecular flexibility index (Phi) is 6.49. The van der Waals surface area contributed by atoms with Crippen LogP contribution < -0.4 is 5.32 Å². The fraction of sp³-hybridized carbons (Fsp3) is 0.654. The normalized spacial score (nSPS) is 28.4. The smallest absolute Gasteiger partial charge is 0.325 e. The molecule has 1 amide bonds. The van der Waals surface area contributed by atoms with Crippen LogP contribution in [0.4, 0.5) is 0 Å². The van der Waals surface area contributed by atoms with Gasteiger partial charge in [-0.1, -0.05) is 26.0 Å². The van der Waals surface area contributed by atoms with E-state index in [0.717, 1.165) is 41.7 Å². The van der Waals surface area contributed by atoms with E-state index >= 15 is 0 Å². The van der Waals surface area contributed by atoms with E-state index < -0.39 is 5.97 Å². The molecular weight excluding hydrogens is 390 g/mol. The number of ketones is 1. The highest BCUT2D eigenvalue weighted by atomic mass is 16.5. The Morgan fingerprint density at radius 1 is 1.00 bits per heavy atom. The standard InChI is InChI=1S/C26H35NO4/c1-3-17-5-6-21(4-2)22(10-17)23(28)16-31-25(30)15-27-24(29)14-26-11-18-7-19(12-26)9-20(8-18)13-26/h5-6,10,18-20H,3-4,7-9,11-16H2,1-2H3,(H,27,29). The minimum Gasteiger partial charge on any atom is -0.456 e. The van der Waals surface area contributed by atoms with Crippen molar-refractivity contribution in [2.75, 3.05) is 13.2 Å². The third-order valence-corrected chi connectivity index (χ3v) is 7.76. The molecule has 5 nitrogen and oxygen atoms in total. The lowest BCUT2D eigenvalue weighted by Crippen LogP contribution is -2.48. The summed E-state index contributed by atoms with van der Waals surface area (Å²) in [7, 11) is 0. The first-order valence-electron chi connectivity index (χ1n) is 12.0. The Morgan fingerprint density at radius 3 is 2.23 bits per heavy atom. The average molecular weight is 426 g/mol. The Balaban J connectivity index is 1.23. The lowest BCUT2D eigenvalue weighted by molar-refractivity contribution is -0.143. The van der Waals surface area contributed by atoms with E-state index in [1.54, 1.807) is 0 Å². The number of esters is 1. The molecule has 0 aliphatic heterocycles. The SMILES string of the molecule is CCc1ccc(CC)c(C(=O)COC(=O)CNC(=O)CC23CC4CC(CC(C4)C2)C3)c1. The molecular formula is C26H35NO4. The van der Waals surface area contributed by atoms with Crippen LogP contribution in [-0.2, 0) is 27.2 Å². The number of ether oxygens (including phenoxy) is 1. The quantitative estimate of drug-likeness (QED) is 0.474. The number of amides is 1. The van der Waals surface area contributed by atoms with Crippen LogP contribution in [0.5, 0.6) is 0 Å². The fourth-order valence-corrected chi connectivity index (χ4v) is 6.77. The molecule has 1 aromatic carbocycles. The van der Waals surface area contributed by atoms with E-state index in [9.17, 15) is 14.4 Å². The van der Waals surface area contributed by atoms with E-state index in [2.05, 4.69) is 5.32 Å². The molecule has 1 N–H and O–H groups in total. The van der Waals surface area contributed by atoms with Gasteiger partial charge in [0.15, 0.2) is 6.61 Å². The maximum absolute atomic E-state index is 12.6. The molecule has 0 atom stereocenters. The predicted molar refractivity (Wildman–Crippen MR) is 119 cm³/mol. The number of rotatable bonds is 9. The van der Waals surface area contributed by atoms with E-state index in [-0.39, 0.29) is 30.3 Å². The monoisotopic (exact) mass is 425 g/mol. The van der Waals surface area contributed by atoms with Gasteiger partial charge in [-0.2, -0.15) is 0 Å². The van der Waals surface area contributed by atoms with Crippen molar-refractivity contribution >= 4 is 17.7 Å². The number of Topliss-reactive ketones (excluding diaryl/α,β-unsaturated/α-hetero) is 1. The van der Waals surface area contributed by atoms with Gasteiger partial charge in [0.2, 0.25) is 11.7 Å². The first kappa shape index (κ1) is 22.0. The molecule has 4 fully saturated rings. The molecule has 4 bridgehead atoms. The molecule has 4 aliphatic carbocycles. The number of carbonyl (C=O) groups is 3. The van der Waals surface area contributed by atoms with E-state index in [4.69, 9.17) is 4.74 Å². The number of hydrogen-bond donors (Lipinski definition) is 1. The topological polar surface area (TPSA) is 72.5 Å². The average Bonchev–Trinajstić information content (AvgIpc) is 2.74. The zero-order valence-electron chi connectivity index (χ0n) is 18.9. The Hall–Kier alpha value is -2.17. The summed E-state index contributed by atoms with van der Waals surface area (Å²) in [6, 6.07) is 5.89. The van der Waals surface area contributed by atoms with Gasteiger partial charge in [-0.15, -0.1) is 0 Å². The van der Waals surface area contributed by atoms with Crippen molar-refractivity contribution in [3.63, 3.8) is 0 Å². The largest absolute Gasteiger partial charge is 0.456 e. The summed E-state index contributed by atoms with van der Waals surface area (Å²) in [6.07, 6.45) is 9.67. The number of aryl methyl sites for hydroxylation is 2. The zero-order chi connectivity index (χ0) is 22.0. The van der Waals surface area contributed by atoms with Crippen LogP contribution in [0.3, 0.4) is 0 Å². The summed E-state index contributed by atoms with van der Waals surface area (Å²) >= 11 is 0. The highest BCUT2D eigenvalue weighted by molar-refractivity contribution is 5.99. The van der Waals surface area contributed by atoms with Crippen molar-refractivity contribution in [1.82, 2.24) is 5.32 Å². The zero-order valence-corrected chi connectivity index (χ0v) is 18.9. The summed E-state index contributed by atoms with van der Waals surface area (Å²) < 4.78 is 5.17. The maximum Gasteiger partial charge on any atom is 0.325 e. The molecule has 0 unspecified atom stereocenters. The first-order chi connectivity index (χ1) is 14.9. The van der Waals surface area contributed by atoms with Crippen LogP contribution in [0.1, 0.15) is 80.3 Å². The van der Waals surface area contributed by atoms with Crippen molar-refractivity contribution in [2.45, 2.75) is 71.6 Å². The second-order valence-corrected chi connectivity index (χ2v) is 10.2. The van der Waals surface area contributed by atoms with Gasteiger partial charge in [0.25, 0.3) is 0 Å². The molecule has 0 heterocycles. The highest BCUT2D eigenvalue weighted by Crippen LogP contribution is 2.61. The molecule has 1 aromatic rings. The van der Waals surface area contributed by atoms with Crippen molar-refractivity contribution in [3.05, 3.63) is 34.9 Å². The van der Waals surface area contributed by atoms with Crippen LogP contribution in [0.25, 0.3) is 0 Å². The molecule has 0 aromatic heterocycles. The van der Waals surface area contributed by atoms with Gasteiger partial charge in [-0.25, -0.2) is 0 Å². The predicted octanol–water partition coefficient (Wildman–Crippen LogP) is 4.26. The van der Waals surface area contributed by atoms with Crippen molar-refractivity contribution < 1.29 is 19.1 Å². The van der Waals surface area contributed by atoms with Gasteiger partial charge in [0.1, 0.15) is 6.54 Å². The summed E-state index contributed by atoms with van der Waals surface area (Å²) in [5.74, 6) is 1.59. The highest BCUT2D eigenvalue weighted by Gasteiger charge is 2.51. The fourth-order valence-electron chi connectivity index (χ4n) is 6.77. The number of carbonyl (C=O) groups excluding carboxylic acids is 3. The molecule has 0 spiro atoms. The summed E-state index contributed by atoms with van der Waals surface area (Å²) in [5, 5.41) is 2.74. The lowest BCUT2D eigenvalue weighted by Gasteiger charge is -2.56. The van der Waals surface area contributed by atoms with Gasteiger partial charge >= 0.3 is 5.97 Å². The van der Waals surface area contributed by atoms with Crippen LogP contribution in [0.15, 0.2) is 18.2 Å². The first-order valence-corrected chi connectivity index (χ1v) is 12.0. The summed E-state index contributed by atoms with van der Waals surface area (Å²) in [4.78, 5) is 37.3. The van der Waals surface area contributed by atoms with Crippen LogP contribution in [0, 0.1) is 23.2 Å². The van der Waals surface area contributed by atoms with Gasteiger partial charge in [0.05, 0.1) is 0 Å². The van der Waals surface area contributed by atoms with Crippen molar-refractivity contribution in [2.24, 2.45) is 23.2 Å². The molecule has 168 valence electrons. The molecule has 5 rings (SSSR count). The van der Waals surface area contributed by atoms with Gasteiger partial charge < -0.3 is 10.1 Å². The molecule has 4 saturated carbocycles. The summed E-state index contributed by atoms with van der Waals surface area (Å²) in [5.41, 5.74) is 2.82. The molecule has 4 aliphatic rings. The lowest BCUT2D eigenvalue weighted by atomic mass is 9.49. The maximum atomic E-state index is 12.6. The van der Waals surface area contributed by atoms with Crippen molar-refractivity contribution in [1.29, 1.82) is 0 Å². The van der Waals surface area contributed by atoms with E-state index in [1.165, 1.54) is 38.5 Å². The van der Waals surface area contributed by atoms with E-state index in [0.29, 0.717) is 12.0 Å². The Bertz CT molecular complexity index is 824. The van der Waals surface area contributed by atoms with Gasteiger partial charge in [-0.3, -0.25) is 14.4 Å². The number of hydrogen-bond acceptors (Lipinski definition) is 4.